The van der Waals surface area contributed by atoms with Gasteiger partial charge in [-0.25, -0.2) is 0 Å². The first-order chi connectivity index (χ1) is 9.08. The van der Waals surface area contributed by atoms with Crippen LogP contribution in [0.4, 0.5) is 0 Å². The van der Waals surface area contributed by atoms with E-state index in [0.29, 0.717) is 31.7 Å². The Kier molecular flexibility index (Phi) is 4.81. The predicted molar refractivity (Wildman–Crippen MR) is 73.0 cm³/mol. The molecule has 1 aromatic rings. The lowest BCUT2D eigenvalue weighted by molar-refractivity contribution is -0.130. The lowest BCUT2D eigenvalue weighted by atomic mass is 10.1. The van der Waals surface area contributed by atoms with Gasteiger partial charge in [-0.2, -0.15) is 0 Å². The van der Waals surface area contributed by atoms with Crippen molar-refractivity contribution in [1.29, 1.82) is 0 Å². The molecule has 1 N–H and O–H groups in total. The van der Waals surface area contributed by atoms with E-state index in [1.165, 1.54) is 11.8 Å². The Morgan fingerprint density at radius 3 is 2.84 bits per heavy atom. The molecule has 0 bridgehead atoms. The minimum atomic E-state index is -0.249. The van der Waals surface area contributed by atoms with Gasteiger partial charge in [0.15, 0.2) is 5.16 Å². The van der Waals surface area contributed by atoms with Crippen LogP contribution in [-0.4, -0.2) is 55.6 Å². The van der Waals surface area contributed by atoms with Crippen LogP contribution in [-0.2, 0) is 4.79 Å². The predicted octanol–water partition coefficient (Wildman–Crippen LogP) is 0.934. The van der Waals surface area contributed by atoms with Crippen LogP contribution in [0.3, 0.4) is 0 Å². The summed E-state index contributed by atoms with van der Waals surface area (Å²) >= 11 is 1.42. The Morgan fingerprint density at radius 1 is 1.53 bits per heavy atom. The van der Waals surface area contributed by atoms with E-state index < -0.39 is 0 Å². The number of hydrogen-bond donors (Lipinski definition) is 1. The number of likely N-dealkylation sites (tertiary alicyclic amines) is 1. The van der Waals surface area contributed by atoms with Crippen molar-refractivity contribution >= 4 is 17.7 Å². The second-order valence-corrected chi connectivity index (χ2v) is 5.96. The number of nitrogens with zero attached hydrogens (tertiary/aromatic N) is 4. The van der Waals surface area contributed by atoms with Crippen LogP contribution < -0.4 is 0 Å². The van der Waals surface area contributed by atoms with E-state index >= 15 is 0 Å². The Hall–Kier alpha value is -1.08. The third-order valence-corrected chi connectivity index (χ3v) is 4.18. The van der Waals surface area contributed by atoms with Crippen LogP contribution in [0, 0.1) is 0 Å². The highest BCUT2D eigenvalue weighted by atomic mass is 32.2. The number of hydrogen-bond acceptors (Lipinski definition) is 5. The van der Waals surface area contributed by atoms with Crippen molar-refractivity contribution in [3.05, 3.63) is 6.33 Å². The van der Waals surface area contributed by atoms with Gasteiger partial charge in [-0.15, -0.1) is 10.2 Å². The normalized spacial score (nSPS) is 17.2. The monoisotopic (exact) mass is 284 g/mol. The summed E-state index contributed by atoms with van der Waals surface area (Å²) in [5.74, 6) is 0.483. The standard InChI is InChI=1S/C12H20N4O2S/c1-9(2)16-8-13-14-12(16)19-7-11(18)15-5-3-10(17)4-6-15/h8-10,17H,3-7H2,1-2H3. The zero-order valence-electron chi connectivity index (χ0n) is 11.3. The molecular weight excluding hydrogens is 264 g/mol. The maximum Gasteiger partial charge on any atom is 0.233 e. The van der Waals surface area contributed by atoms with Gasteiger partial charge in [-0.3, -0.25) is 4.79 Å². The summed E-state index contributed by atoms with van der Waals surface area (Å²) in [7, 11) is 0. The van der Waals surface area contributed by atoms with Gasteiger partial charge in [0, 0.05) is 19.1 Å². The lowest BCUT2D eigenvalue weighted by Gasteiger charge is -2.29. The van der Waals surface area contributed by atoms with E-state index in [-0.39, 0.29) is 18.1 Å². The molecule has 0 atom stereocenters. The molecule has 2 rings (SSSR count). The molecule has 0 aliphatic carbocycles. The molecule has 6 nitrogen and oxygen atoms in total. The molecule has 1 aliphatic rings. The molecule has 1 fully saturated rings. The number of aliphatic hydroxyl groups excluding tert-OH is 1. The average Bonchev–Trinajstić information content (AvgIpc) is 2.85. The van der Waals surface area contributed by atoms with Crippen molar-refractivity contribution in [3.8, 4) is 0 Å². The number of carbonyl (C=O) groups excluding carboxylic acids is 1. The van der Waals surface area contributed by atoms with Gasteiger partial charge in [0.25, 0.3) is 0 Å². The molecule has 1 aromatic heterocycles. The molecule has 1 amide bonds. The zero-order valence-corrected chi connectivity index (χ0v) is 12.1. The van der Waals surface area contributed by atoms with E-state index in [9.17, 15) is 9.90 Å². The number of thioether (sulfide) groups is 1. The molecule has 0 unspecified atom stereocenters. The van der Waals surface area contributed by atoms with E-state index in [1.807, 2.05) is 9.47 Å². The molecule has 2 heterocycles. The minimum Gasteiger partial charge on any atom is -0.393 e. The second-order valence-electron chi connectivity index (χ2n) is 5.02. The van der Waals surface area contributed by atoms with E-state index in [0.717, 1.165) is 5.16 Å². The summed E-state index contributed by atoms with van der Waals surface area (Å²) in [6.07, 6.45) is 2.80. The molecule has 0 radical (unpaired) electrons. The quantitative estimate of drug-likeness (QED) is 0.833. The topological polar surface area (TPSA) is 71.2 Å². The van der Waals surface area contributed by atoms with Gasteiger partial charge < -0.3 is 14.6 Å². The number of amides is 1. The van der Waals surface area contributed by atoms with Crippen LogP contribution in [0.15, 0.2) is 11.5 Å². The van der Waals surface area contributed by atoms with Crippen LogP contribution >= 0.6 is 11.8 Å². The molecule has 106 valence electrons. The smallest absolute Gasteiger partial charge is 0.233 e. The van der Waals surface area contributed by atoms with Gasteiger partial charge in [-0.1, -0.05) is 11.8 Å². The average molecular weight is 284 g/mol. The fourth-order valence-corrected chi connectivity index (χ4v) is 2.97. The van der Waals surface area contributed by atoms with Crippen molar-refractivity contribution in [3.63, 3.8) is 0 Å². The maximum atomic E-state index is 12.0. The largest absolute Gasteiger partial charge is 0.393 e. The SMILES string of the molecule is CC(C)n1cnnc1SCC(=O)N1CCC(O)CC1. The number of aromatic nitrogens is 3. The number of piperidine rings is 1. The molecule has 1 saturated heterocycles. The third-order valence-electron chi connectivity index (χ3n) is 3.24. The second kappa shape index (κ2) is 6.38. The summed E-state index contributed by atoms with van der Waals surface area (Å²) in [5.41, 5.74) is 0. The van der Waals surface area contributed by atoms with Gasteiger partial charge in [0.05, 0.1) is 11.9 Å². The van der Waals surface area contributed by atoms with E-state index in [4.69, 9.17) is 0 Å². The number of aliphatic hydroxyl groups is 1. The summed E-state index contributed by atoms with van der Waals surface area (Å²) in [6.45, 7) is 5.41. The molecule has 19 heavy (non-hydrogen) atoms. The van der Waals surface area contributed by atoms with Crippen molar-refractivity contribution in [2.24, 2.45) is 0 Å². The van der Waals surface area contributed by atoms with Gasteiger partial charge >= 0.3 is 0 Å². The van der Waals surface area contributed by atoms with E-state index in [2.05, 4.69) is 24.0 Å². The molecule has 0 saturated carbocycles. The van der Waals surface area contributed by atoms with Crippen LogP contribution in [0.1, 0.15) is 32.7 Å². The van der Waals surface area contributed by atoms with Crippen LogP contribution in [0.5, 0.6) is 0 Å². The first-order valence-electron chi connectivity index (χ1n) is 6.56. The Morgan fingerprint density at radius 2 is 2.21 bits per heavy atom. The summed E-state index contributed by atoms with van der Waals surface area (Å²) in [5, 5.41) is 18.1. The lowest BCUT2D eigenvalue weighted by Crippen LogP contribution is -2.40. The number of carbonyl (C=O) groups is 1. The van der Waals surface area contributed by atoms with E-state index in [1.54, 1.807) is 6.33 Å². The highest BCUT2D eigenvalue weighted by molar-refractivity contribution is 7.99. The molecule has 7 heteroatoms. The van der Waals surface area contributed by atoms with Crippen molar-refractivity contribution in [1.82, 2.24) is 19.7 Å². The number of rotatable bonds is 4. The summed E-state index contributed by atoms with van der Waals surface area (Å²) < 4.78 is 1.96. The zero-order chi connectivity index (χ0) is 13.8. The fourth-order valence-electron chi connectivity index (χ4n) is 2.02. The highest BCUT2D eigenvalue weighted by Gasteiger charge is 2.21. The fraction of sp³-hybridized carbons (Fsp3) is 0.750. The Balaban J connectivity index is 1.85. The van der Waals surface area contributed by atoms with Gasteiger partial charge in [0.1, 0.15) is 6.33 Å². The van der Waals surface area contributed by atoms with Crippen LogP contribution in [0.25, 0.3) is 0 Å². The minimum absolute atomic E-state index is 0.107. The summed E-state index contributed by atoms with van der Waals surface area (Å²) in [4.78, 5) is 13.9. The van der Waals surface area contributed by atoms with Crippen LogP contribution in [0.2, 0.25) is 0 Å². The maximum absolute atomic E-state index is 12.0. The highest BCUT2D eigenvalue weighted by Crippen LogP contribution is 2.20. The van der Waals surface area contributed by atoms with Gasteiger partial charge in [0.2, 0.25) is 5.91 Å². The Labute approximate surface area is 117 Å². The third kappa shape index (κ3) is 3.70. The van der Waals surface area contributed by atoms with Crippen molar-refractivity contribution in [2.75, 3.05) is 18.8 Å². The molecule has 0 aromatic carbocycles. The molecule has 1 aliphatic heterocycles. The molecular formula is C12H20N4O2S. The van der Waals surface area contributed by atoms with Crippen molar-refractivity contribution < 1.29 is 9.90 Å². The first kappa shape index (κ1) is 14.3. The Bertz CT molecular complexity index is 427. The summed E-state index contributed by atoms with van der Waals surface area (Å²) in [6, 6.07) is 0.290. The molecule has 0 spiro atoms. The first-order valence-corrected chi connectivity index (χ1v) is 7.54. The van der Waals surface area contributed by atoms with Crippen molar-refractivity contribution in [2.45, 2.75) is 44.0 Å². The van der Waals surface area contributed by atoms with Gasteiger partial charge in [-0.05, 0) is 26.7 Å².